The third kappa shape index (κ3) is 4.13. The van der Waals surface area contributed by atoms with E-state index in [0.29, 0.717) is 18.0 Å². The molecule has 0 radical (unpaired) electrons. The lowest BCUT2D eigenvalue weighted by atomic mass is 9.91. The maximum Gasteiger partial charge on any atom is 0.127 e. The van der Waals surface area contributed by atoms with E-state index in [-0.39, 0.29) is 0 Å². The van der Waals surface area contributed by atoms with Crippen molar-refractivity contribution in [3.05, 3.63) is 58.1 Å². The van der Waals surface area contributed by atoms with E-state index in [1.54, 1.807) is 0 Å². The molecule has 2 saturated heterocycles. The van der Waals surface area contributed by atoms with Gasteiger partial charge in [-0.25, -0.2) is 4.98 Å². The molecule has 0 N–H and O–H groups in total. The van der Waals surface area contributed by atoms with E-state index < -0.39 is 0 Å². The fourth-order valence-electron chi connectivity index (χ4n) is 5.70. The number of para-hydroxylation sites is 1. The predicted molar refractivity (Wildman–Crippen MR) is 134 cm³/mol. The summed E-state index contributed by atoms with van der Waals surface area (Å²) in [5.74, 6) is 1.94. The predicted octanol–water partition coefficient (Wildman–Crippen LogP) is 5.74. The number of hydrogen-bond donors (Lipinski definition) is 0. The van der Waals surface area contributed by atoms with E-state index in [1.807, 2.05) is 12.3 Å². The van der Waals surface area contributed by atoms with Crippen molar-refractivity contribution in [2.75, 3.05) is 27.2 Å². The zero-order valence-corrected chi connectivity index (χ0v) is 21.1. The molecule has 2 fully saturated rings. The molecule has 32 heavy (non-hydrogen) atoms. The largest absolute Gasteiger partial charge is 0.326 e. The van der Waals surface area contributed by atoms with Gasteiger partial charge in [-0.3, -0.25) is 9.88 Å². The first-order chi connectivity index (χ1) is 15.5. The number of pyridine rings is 1. The molecule has 3 aromatic rings. The summed E-state index contributed by atoms with van der Waals surface area (Å²) >= 11 is 3.77. The van der Waals surface area contributed by atoms with Crippen molar-refractivity contribution in [3.63, 3.8) is 0 Å². The Morgan fingerprint density at radius 3 is 2.56 bits per heavy atom. The molecule has 0 bridgehead atoms. The van der Waals surface area contributed by atoms with Crippen LogP contribution in [0.25, 0.3) is 11.0 Å². The lowest BCUT2D eigenvalue weighted by Gasteiger charge is -2.40. The molecule has 1 aromatic carbocycles. The number of rotatable bonds is 4. The minimum Gasteiger partial charge on any atom is -0.326 e. The summed E-state index contributed by atoms with van der Waals surface area (Å²) in [6.07, 6.45) is 7.97. The number of halogens is 1. The Morgan fingerprint density at radius 2 is 1.78 bits per heavy atom. The lowest BCUT2D eigenvalue weighted by Crippen LogP contribution is -2.36. The number of likely N-dealkylation sites (tertiary alicyclic amines) is 2. The Labute approximate surface area is 200 Å². The van der Waals surface area contributed by atoms with E-state index in [1.165, 1.54) is 55.0 Å². The van der Waals surface area contributed by atoms with Crippen LogP contribution in [0.2, 0.25) is 0 Å². The van der Waals surface area contributed by atoms with Gasteiger partial charge < -0.3 is 9.47 Å². The summed E-state index contributed by atoms with van der Waals surface area (Å²) in [5, 5.41) is 0. The van der Waals surface area contributed by atoms with E-state index in [9.17, 15) is 0 Å². The van der Waals surface area contributed by atoms with Gasteiger partial charge in [-0.1, -0.05) is 12.1 Å². The Hall–Kier alpha value is -1.76. The minimum absolute atomic E-state index is 0.306. The second-order valence-corrected chi connectivity index (χ2v) is 10.6. The van der Waals surface area contributed by atoms with E-state index in [0.717, 1.165) is 29.4 Å². The standard InChI is InChI=1S/C26H34BrN5/c1-18-7-6-14-28-24(18)21-9-5-11-23(31(21)3)26-29-25-20(27)8-4-10-22(25)32(26)17-19-12-15-30(2)16-13-19/h4,6-8,10,14,19,21,23H,5,9,11-13,15-17H2,1-3H3/t21-,23+/m0/s1. The fourth-order valence-corrected chi connectivity index (χ4v) is 6.14. The molecule has 170 valence electrons. The van der Waals surface area contributed by atoms with Crippen LogP contribution in [0, 0.1) is 12.8 Å². The van der Waals surface area contributed by atoms with Crippen LogP contribution in [0.3, 0.4) is 0 Å². The number of piperidine rings is 2. The van der Waals surface area contributed by atoms with Crippen LogP contribution < -0.4 is 0 Å². The molecule has 0 unspecified atom stereocenters. The smallest absolute Gasteiger partial charge is 0.127 e. The molecule has 6 heteroatoms. The first-order valence-electron chi connectivity index (χ1n) is 12.0. The Kier molecular flexibility index (Phi) is 6.37. The maximum atomic E-state index is 5.26. The van der Waals surface area contributed by atoms with Gasteiger partial charge in [0, 0.05) is 17.2 Å². The van der Waals surface area contributed by atoms with Crippen LogP contribution in [0.15, 0.2) is 41.0 Å². The summed E-state index contributed by atoms with van der Waals surface area (Å²) < 4.78 is 3.64. The van der Waals surface area contributed by atoms with Crippen molar-refractivity contribution in [2.24, 2.45) is 5.92 Å². The van der Waals surface area contributed by atoms with Gasteiger partial charge in [-0.05, 0) is 112 Å². The van der Waals surface area contributed by atoms with Crippen molar-refractivity contribution in [1.29, 1.82) is 0 Å². The van der Waals surface area contributed by atoms with Crippen LogP contribution in [0.4, 0.5) is 0 Å². The van der Waals surface area contributed by atoms with Crippen molar-refractivity contribution >= 4 is 27.0 Å². The average Bonchev–Trinajstić information content (AvgIpc) is 3.16. The quantitative estimate of drug-likeness (QED) is 0.462. The third-order valence-electron chi connectivity index (χ3n) is 7.64. The zero-order valence-electron chi connectivity index (χ0n) is 19.5. The minimum atomic E-state index is 0.306. The first-order valence-corrected chi connectivity index (χ1v) is 12.8. The fraction of sp³-hybridized carbons (Fsp3) is 0.538. The Morgan fingerprint density at radius 1 is 1.00 bits per heavy atom. The zero-order chi connectivity index (χ0) is 22.2. The van der Waals surface area contributed by atoms with Crippen LogP contribution in [0.5, 0.6) is 0 Å². The third-order valence-corrected chi connectivity index (χ3v) is 8.28. The second-order valence-electron chi connectivity index (χ2n) is 9.77. The molecule has 4 heterocycles. The topological polar surface area (TPSA) is 37.2 Å². The number of hydrogen-bond acceptors (Lipinski definition) is 4. The van der Waals surface area contributed by atoms with Crippen molar-refractivity contribution in [3.8, 4) is 0 Å². The highest BCUT2D eigenvalue weighted by atomic mass is 79.9. The number of aryl methyl sites for hydroxylation is 1. The second kappa shape index (κ2) is 9.24. The van der Waals surface area contributed by atoms with Gasteiger partial charge in [-0.15, -0.1) is 0 Å². The van der Waals surface area contributed by atoms with Crippen LogP contribution in [-0.2, 0) is 6.54 Å². The first kappa shape index (κ1) is 22.1. The number of nitrogens with zero attached hydrogens (tertiary/aromatic N) is 5. The van der Waals surface area contributed by atoms with E-state index in [2.05, 4.69) is 75.6 Å². The normalized spacial score (nSPS) is 23.8. The van der Waals surface area contributed by atoms with Gasteiger partial charge in [0.1, 0.15) is 11.3 Å². The van der Waals surface area contributed by atoms with Crippen molar-refractivity contribution in [2.45, 2.75) is 57.7 Å². The number of fused-ring (bicyclic) bond motifs is 1. The molecule has 0 saturated carbocycles. The highest BCUT2D eigenvalue weighted by Gasteiger charge is 2.35. The van der Waals surface area contributed by atoms with E-state index in [4.69, 9.17) is 9.97 Å². The van der Waals surface area contributed by atoms with Gasteiger partial charge in [0.25, 0.3) is 0 Å². The van der Waals surface area contributed by atoms with Crippen LogP contribution >= 0.6 is 15.9 Å². The molecule has 2 aromatic heterocycles. The van der Waals surface area contributed by atoms with Gasteiger partial charge in [-0.2, -0.15) is 0 Å². The van der Waals surface area contributed by atoms with Crippen LogP contribution in [0.1, 0.15) is 61.3 Å². The molecule has 2 aliphatic rings. The molecule has 5 nitrogen and oxygen atoms in total. The molecule has 0 amide bonds. The maximum absolute atomic E-state index is 5.26. The summed E-state index contributed by atoms with van der Waals surface area (Å²) in [6.45, 7) is 5.64. The Bertz CT molecular complexity index is 1090. The van der Waals surface area contributed by atoms with Gasteiger partial charge in [0.05, 0.1) is 23.3 Å². The molecule has 5 rings (SSSR count). The number of imidazole rings is 1. The monoisotopic (exact) mass is 495 g/mol. The molecule has 2 atom stereocenters. The van der Waals surface area contributed by atoms with Crippen molar-refractivity contribution < 1.29 is 0 Å². The molecule has 0 aliphatic carbocycles. The van der Waals surface area contributed by atoms with Crippen LogP contribution in [-0.4, -0.2) is 51.5 Å². The molecule has 0 spiro atoms. The van der Waals surface area contributed by atoms with E-state index >= 15 is 0 Å². The van der Waals surface area contributed by atoms with Gasteiger partial charge in [0.2, 0.25) is 0 Å². The summed E-state index contributed by atoms with van der Waals surface area (Å²) in [6, 6.07) is 11.4. The highest BCUT2D eigenvalue weighted by Crippen LogP contribution is 2.42. The molecular formula is C26H34BrN5. The molecular weight excluding hydrogens is 462 g/mol. The number of benzene rings is 1. The summed E-state index contributed by atoms with van der Waals surface area (Å²) in [7, 11) is 4.51. The van der Waals surface area contributed by atoms with Gasteiger partial charge >= 0.3 is 0 Å². The average molecular weight is 496 g/mol. The molecule has 2 aliphatic heterocycles. The Balaban J connectivity index is 1.52. The SMILES string of the molecule is Cc1cccnc1[C@@H]1CCC[C@H](c2nc3c(Br)cccc3n2CC2CCN(C)CC2)N1C. The highest BCUT2D eigenvalue weighted by molar-refractivity contribution is 9.10. The number of aromatic nitrogens is 3. The summed E-state index contributed by atoms with van der Waals surface area (Å²) in [5.41, 5.74) is 4.87. The lowest BCUT2D eigenvalue weighted by molar-refractivity contribution is 0.102. The van der Waals surface area contributed by atoms with Crippen molar-refractivity contribution in [1.82, 2.24) is 24.3 Å². The summed E-state index contributed by atoms with van der Waals surface area (Å²) in [4.78, 5) is 15.0. The van der Waals surface area contributed by atoms with Gasteiger partial charge in [0.15, 0.2) is 0 Å².